The number of rotatable bonds is 3. The van der Waals surface area contributed by atoms with E-state index in [1.54, 1.807) is 0 Å². The molecule has 0 aromatic heterocycles. The van der Waals surface area contributed by atoms with Gasteiger partial charge in [0.25, 0.3) is 0 Å². The first kappa shape index (κ1) is 16.5. The predicted octanol–water partition coefficient (Wildman–Crippen LogP) is 7.14. The zero-order chi connectivity index (χ0) is 18.9. The largest absolute Gasteiger partial charge is 0.298 e. The van der Waals surface area contributed by atoms with Gasteiger partial charge in [-0.15, -0.1) is 0 Å². The number of hydrogen-bond acceptors (Lipinski definition) is 1. The van der Waals surface area contributed by atoms with Crippen LogP contribution in [0.15, 0.2) is 103 Å². The van der Waals surface area contributed by atoms with Crippen LogP contribution in [-0.4, -0.2) is 6.29 Å². The van der Waals surface area contributed by atoms with Gasteiger partial charge in [0.15, 0.2) is 0 Å². The minimum atomic E-state index is 0.693. The normalized spacial score (nSPS) is 11.0. The van der Waals surface area contributed by atoms with Crippen LogP contribution in [-0.2, 0) is 0 Å². The summed E-state index contributed by atoms with van der Waals surface area (Å²) in [5.41, 5.74) is 5.51. The summed E-state index contributed by atoms with van der Waals surface area (Å²) in [6.45, 7) is 0. The number of hydrogen-bond donors (Lipinski definition) is 0. The average molecular weight is 358 g/mol. The van der Waals surface area contributed by atoms with Crippen LogP contribution in [0.4, 0.5) is 0 Å². The molecule has 1 nitrogen and oxygen atoms in total. The second kappa shape index (κ2) is 6.79. The molecule has 0 bridgehead atoms. The highest BCUT2D eigenvalue weighted by Crippen LogP contribution is 2.43. The minimum Gasteiger partial charge on any atom is -0.298 e. The maximum atomic E-state index is 11.1. The Morgan fingerprint density at radius 2 is 0.821 bits per heavy atom. The van der Waals surface area contributed by atoms with Gasteiger partial charge >= 0.3 is 0 Å². The van der Waals surface area contributed by atoms with Crippen molar-refractivity contribution in [2.45, 2.75) is 0 Å². The van der Waals surface area contributed by atoms with Gasteiger partial charge in [0.2, 0.25) is 0 Å². The van der Waals surface area contributed by atoms with Crippen molar-refractivity contribution in [3.8, 4) is 22.3 Å². The van der Waals surface area contributed by atoms with Crippen LogP contribution in [0, 0.1) is 0 Å². The highest BCUT2D eigenvalue weighted by Gasteiger charge is 2.15. The van der Waals surface area contributed by atoms with E-state index in [4.69, 9.17) is 0 Å². The lowest BCUT2D eigenvalue weighted by atomic mass is 9.86. The van der Waals surface area contributed by atoms with E-state index in [0.717, 1.165) is 11.8 Å². The van der Waals surface area contributed by atoms with Crippen molar-refractivity contribution >= 4 is 27.8 Å². The average Bonchev–Trinajstić information content (AvgIpc) is 2.78. The molecule has 5 rings (SSSR count). The smallest absolute Gasteiger partial charge is 0.150 e. The molecule has 1 heteroatoms. The van der Waals surface area contributed by atoms with Crippen LogP contribution >= 0.6 is 0 Å². The van der Waals surface area contributed by atoms with Crippen LogP contribution in [0.5, 0.6) is 0 Å². The van der Waals surface area contributed by atoms with Crippen LogP contribution in [0.2, 0.25) is 0 Å². The van der Waals surface area contributed by atoms with Crippen molar-refractivity contribution in [1.29, 1.82) is 0 Å². The van der Waals surface area contributed by atoms with E-state index in [9.17, 15) is 4.79 Å². The summed E-state index contributed by atoms with van der Waals surface area (Å²) in [6.07, 6.45) is 0.887. The van der Waals surface area contributed by atoms with Gasteiger partial charge in [-0.1, -0.05) is 103 Å². The number of carbonyl (C=O) groups is 1. The van der Waals surface area contributed by atoms with Crippen molar-refractivity contribution in [3.05, 3.63) is 109 Å². The number of fused-ring (bicyclic) bond motifs is 2. The molecule has 0 spiro atoms. The first-order valence-electron chi connectivity index (χ1n) is 9.41. The fourth-order valence-corrected chi connectivity index (χ4v) is 4.08. The number of carbonyl (C=O) groups excluding carboxylic acids is 1. The van der Waals surface area contributed by atoms with Crippen molar-refractivity contribution < 1.29 is 4.79 Å². The van der Waals surface area contributed by atoms with Crippen LogP contribution in [0.3, 0.4) is 0 Å². The van der Waals surface area contributed by atoms with Gasteiger partial charge in [0.05, 0.1) is 0 Å². The number of aldehydes is 1. The van der Waals surface area contributed by atoms with E-state index in [1.165, 1.54) is 38.2 Å². The van der Waals surface area contributed by atoms with Gasteiger partial charge in [-0.3, -0.25) is 4.79 Å². The molecule has 28 heavy (non-hydrogen) atoms. The fourth-order valence-electron chi connectivity index (χ4n) is 4.08. The summed E-state index contributed by atoms with van der Waals surface area (Å²) in [4.78, 5) is 11.1. The molecule has 5 aromatic rings. The molecule has 5 aromatic carbocycles. The Kier molecular flexibility index (Phi) is 3.99. The van der Waals surface area contributed by atoms with E-state index >= 15 is 0 Å². The zero-order valence-corrected chi connectivity index (χ0v) is 15.3. The van der Waals surface area contributed by atoms with E-state index in [-0.39, 0.29) is 0 Å². The van der Waals surface area contributed by atoms with Gasteiger partial charge in [0.1, 0.15) is 6.29 Å². The molecule has 0 atom stereocenters. The Hall–Kier alpha value is -3.71. The highest BCUT2D eigenvalue weighted by atomic mass is 16.1. The number of benzene rings is 5. The topological polar surface area (TPSA) is 17.1 Å². The summed E-state index contributed by atoms with van der Waals surface area (Å²) < 4.78 is 0. The Morgan fingerprint density at radius 1 is 0.429 bits per heavy atom. The molecule has 0 fully saturated rings. The van der Waals surface area contributed by atoms with Crippen LogP contribution < -0.4 is 0 Å². The quantitative estimate of drug-likeness (QED) is 0.247. The highest BCUT2D eigenvalue weighted by molar-refractivity contribution is 6.21. The predicted molar refractivity (Wildman–Crippen MR) is 118 cm³/mol. The lowest BCUT2D eigenvalue weighted by Crippen LogP contribution is -1.91. The Labute approximate surface area is 163 Å². The molecule has 0 aliphatic carbocycles. The molecule has 0 saturated heterocycles. The van der Waals surface area contributed by atoms with E-state index in [0.29, 0.717) is 5.56 Å². The standard InChI is InChI=1S/C27H18O/c28-18-19-14-16-21(17-15-19)27-24-12-6-4-10-22(24)26(20-8-2-1-3-9-20)23-11-5-7-13-25(23)27/h1-18H. The fraction of sp³-hybridized carbons (Fsp3) is 0. The van der Waals surface area contributed by atoms with E-state index in [2.05, 4.69) is 78.9 Å². The molecule has 0 aliphatic rings. The Balaban J connectivity index is 1.95. The van der Waals surface area contributed by atoms with Gasteiger partial charge in [-0.2, -0.15) is 0 Å². The molecule has 0 radical (unpaired) electrons. The second-order valence-corrected chi connectivity index (χ2v) is 6.95. The van der Waals surface area contributed by atoms with Crippen molar-refractivity contribution in [2.75, 3.05) is 0 Å². The molecular weight excluding hydrogens is 340 g/mol. The lowest BCUT2D eigenvalue weighted by molar-refractivity contribution is 0.112. The summed E-state index contributed by atoms with van der Waals surface area (Å²) >= 11 is 0. The van der Waals surface area contributed by atoms with Gasteiger partial charge in [0, 0.05) is 5.56 Å². The lowest BCUT2D eigenvalue weighted by Gasteiger charge is -2.17. The molecule has 0 unspecified atom stereocenters. The molecule has 0 amide bonds. The van der Waals surface area contributed by atoms with Gasteiger partial charge in [-0.05, 0) is 43.8 Å². The molecule has 0 heterocycles. The third-order valence-electron chi connectivity index (χ3n) is 5.33. The summed E-state index contributed by atoms with van der Waals surface area (Å²) in [7, 11) is 0. The Morgan fingerprint density at radius 3 is 1.25 bits per heavy atom. The maximum Gasteiger partial charge on any atom is 0.150 e. The van der Waals surface area contributed by atoms with Crippen molar-refractivity contribution in [3.63, 3.8) is 0 Å². The third kappa shape index (κ3) is 2.60. The van der Waals surface area contributed by atoms with E-state index in [1.807, 2.05) is 24.3 Å². The molecular formula is C27H18O. The first-order chi connectivity index (χ1) is 13.9. The molecule has 0 saturated carbocycles. The van der Waals surface area contributed by atoms with E-state index < -0.39 is 0 Å². The van der Waals surface area contributed by atoms with Crippen molar-refractivity contribution in [2.24, 2.45) is 0 Å². The Bertz CT molecular complexity index is 1240. The summed E-state index contributed by atoms with van der Waals surface area (Å²) in [5, 5.41) is 4.92. The van der Waals surface area contributed by atoms with Crippen LogP contribution in [0.25, 0.3) is 43.8 Å². The molecule has 132 valence electrons. The monoisotopic (exact) mass is 358 g/mol. The summed E-state index contributed by atoms with van der Waals surface area (Å²) in [6, 6.07) is 35.6. The summed E-state index contributed by atoms with van der Waals surface area (Å²) in [5.74, 6) is 0. The van der Waals surface area contributed by atoms with Gasteiger partial charge < -0.3 is 0 Å². The van der Waals surface area contributed by atoms with Crippen molar-refractivity contribution in [1.82, 2.24) is 0 Å². The molecule has 0 N–H and O–H groups in total. The second-order valence-electron chi connectivity index (χ2n) is 6.95. The SMILES string of the molecule is O=Cc1ccc(-c2c3ccccc3c(-c3ccccc3)c3ccccc23)cc1. The first-order valence-corrected chi connectivity index (χ1v) is 9.41. The van der Waals surface area contributed by atoms with Gasteiger partial charge in [-0.25, -0.2) is 0 Å². The third-order valence-corrected chi connectivity index (χ3v) is 5.33. The minimum absolute atomic E-state index is 0.693. The van der Waals surface area contributed by atoms with Crippen LogP contribution in [0.1, 0.15) is 10.4 Å². The maximum absolute atomic E-state index is 11.1. The zero-order valence-electron chi connectivity index (χ0n) is 15.3. The molecule has 0 aliphatic heterocycles.